The Morgan fingerprint density at radius 3 is 2.22 bits per heavy atom. The second kappa shape index (κ2) is 9.39. The quantitative estimate of drug-likeness (QED) is 0.328. The summed E-state index contributed by atoms with van der Waals surface area (Å²) in [6, 6.07) is 27.3. The van der Waals surface area contributed by atoms with Crippen molar-refractivity contribution >= 4 is 17.1 Å². The number of nitrogens with one attached hydrogen (secondary N) is 1. The molecule has 0 aliphatic rings. The maximum Gasteiger partial charge on any atom is 0.295 e. The van der Waals surface area contributed by atoms with Gasteiger partial charge in [0.05, 0.1) is 17.1 Å². The highest BCUT2D eigenvalue weighted by Crippen LogP contribution is 2.20. The van der Waals surface area contributed by atoms with Crippen LogP contribution in [0.25, 0.3) is 5.69 Å². The molecule has 6 heteroatoms. The van der Waals surface area contributed by atoms with Crippen LogP contribution >= 0.6 is 0 Å². The summed E-state index contributed by atoms with van der Waals surface area (Å²) in [7, 11) is 1.88. The van der Waals surface area contributed by atoms with Crippen LogP contribution in [-0.4, -0.2) is 15.1 Å². The molecule has 0 aliphatic heterocycles. The number of nitrogens with zero attached hydrogens (tertiary/aromatic N) is 3. The van der Waals surface area contributed by atoms with E-state index in [1.54, 1.807) is 4.68 Å². The van der Waals surface area contributed by atoms with Gasteiger partial charge in [-0.25, -0.2) is 4.68 Å². The van der Waals surface area contributed by atoms with Crippen molar-refractivity contribution in [2.45, 2.75) is 20.5 Å². The van der Waals surface area contributed by atoms with Gasteiger partial charge in [-0.15, -0.1) is 0 Å². The summed E-state index contributed by atoms with van der Waals surface area (Å²) >= 11 is 0. The van der Waals surface area contributed by atoms with E-state index in [0.717, 1.165) is 33.9 Å². The Morgan fingerprint density at radius 1 is 0.938 bits per heavy atom. The number of hydrogen-bond donors (Lipinski definition) is 1. The molecular formula is C26H26N4O2. The van der Waals surface area contributed by atoms with Gasteiger partial charge in [0.25, 0.3) is 5.56 Å². The predicted molar refractivity (Wildman–Crippen MR) is 129 cm³/mol. The molecule has 0 saturated heterocycles. The number of rotatable bonds is 7. The van der Waals surface area contributed by atoms with Gasteiger partial charge in [-0.3, -0.25) is 9.48 Å². The highest BCUT2D eigenvalue weighted by molar-refractivity contribution is 5.98. The lowest BCUT2D eigenvalue weighted by Gasteiger charge is -2.07. The van der Waals surface area contributed by atoms with Gasteiger partial charge in [0.1, 0.15) is 12.3 Å². The van der Waals surface area contributed by atoms with Gasteiger partial charge in [0.15, 0.2) is 0 Å². The molecule has 0 fully saturated rings. The van der Waals surface area contributed by atoms with Gasteiger partial charge in [0.2, 0.25) is 0 Å². The van der Waals surface area contributed by atoms with Crippen molar-refractivity contribution in [2.75, 3.05) is 5.32 Å². The number of hydrogen-bond acceptors (Lipinski definition) is 4. The van der Waals surface area contributed by atoms with Gasteiger partial charge >= 0.3 is 0 Å². The Hall–Kier alpha value is -4.06. The first kappa shape index (κ1) is 21.2. The van der Waals surface area contributed by atoms with Crippen LogP contribution in [0.2, 0.25) is 0 Å². The zero-order valence-corrected chi connectivity index (χ0v) is 18.4. The fraction of sp³-hybridized carbons (Fsp3) is 0.154. The molecule has 0 radical (unpaired) electrons. The Balaban J connectivity index is 1.48. The molecule has 32 heavy (non-hydrogen) atoms. The van der Waals surface area contributed by atoms with Crippen molar-refractivity contribution in [3.63, 3.8) is 0 Å². The van der Waals surface area contributed by atoms with Crippen LogP contribution in [0.1, 0.15) is 23.7 Å². The summed E-state index contributed by atoms with van der Waals surface area (Å²) in [5, 5.41) is 7.50. The zero-order chi connectivity index (χ0) is 22.5. The lowest BCUT2D eigenvalue weighted by atomic mass is 10.1. The second-order valence-corrected chi connectivity index (χ2v) is 7.57. The third-order valence-corrected chi connectivity index (χ3v) is 5.40. The van der Waals surface area contributed by atoms with Crippen molar-refractivity contribution in [1.82, 2.24) is 9.36 Å². The first-order valence-electron chi connectivity index (χ1n) is 10.5. The molecule has 1 N–H and O–H groups in total. The molecule has 4 rings (SSSR count). The number of para-hydroxylation sites is 1. The van der Waals surface area contributed by atoms with Crippen LogP contribution in [0.5, 0.6) is 0 Å². The van der Waals surface area contributed by atoms with Gasteiger partial charge in [0, 0.05) is 12.7 Å². The zero-order valence-electron chi connectivity index (χ0n) is 18.4. The molecule has 162 valence electrons. The summed E-state index contributed by atoms with van der Waals surface area (Å²) in [5.74, 6) is 0. The Labute approximate surface area is 187 Å². The number of oxime groups is 1. The topological polar surface area (TPSA) is 60.5 Å². The van der Waals surface area contributed by atoms with E-state index in [1.165, 1.54) is 0 Å². The molecule has 1 heterocycles. The molecule has 0 aliphatic carbocycles. The van der Waals surface area contributed by atoms with Crippen molar-refractivity contribution in [3.8, 4) is 5.69 Å². The standard InChI is InChI=1S/C26H26N4O2/c1-19(28-32-18-21-10-6-4-7-11-21)22-14-16-23(17-15-22)27-25-20(2)29(3)30(26(25)31)24-12-8-5-9-13-24/h4-17,27H,18H2,1-3H3. The molecule has 0 saturated carbocycles. The molecule has 0 bridgehead atoms. The Bertz CT molecular complexity index is 1270. The maximum absolute atomic E-state index is 13.1. The van der Waals surface area contributed by atoms with E-state index < -0.39 is 0 Å². The van der Waals surface area contributed by atoms with Crippen LogP contribution in [0.3, 0.4) is 0 Å². The first-order chi connectivity index (χ1) is 15.5. The smallest absolute Gasteiger partial charge is 0.295 e. The average Bonchev–Trinajstić information content (AvgIpc) is 3.03. The van der Waals surface area contributed by atoms with E-state index in [-0.39, 0.29) is 5.56 Å². The fourth-order valence-corrected chi connectivity index (χ4v) is 3.48. The molecule has 0 spiro atoms. The SMILES string of the molecule is CC(=NOCc1ccccc1)c1ccc(Nc2c(C)n(C)n(-c3ccccc3)c2=O)cc1. The van der Waals surface area contributed by atoms with Crippen LogP contribution in [0.4, 0.5) is 11.4 Å². The first-order valence-corrected chi connectivity index (χ1v) is 10.5. The third kappa shape index (κ3) is 4.49. The normalized spacial score (nSPS) is 11.4. The monoisotopic (exact) mass is 426 g/mol. The minimum Gasteiger partial charge on any atom is -0.391 e. The maximum atomic E-state index is 13.1. The molecule has 0 unspecified atom stereocenters. The summed E-state index contributed by atoms with van der Waals surface area (Å²) in [4.78, 5) is 18.5. The summed E-state index contributed by atoms with van der Waals surface area (Å²) in [6.45, 7) is 4.27. The molecule has 1 aromatic heterocycles. The average molecular weight is 427 g/mol. The largest absolute Gasteiger partial charge is 0.391 e. The molecule has 3 aromatic carbocycles. The highest BCUT2D eigenvalue weighted by Gasteiger charge is 2.16. The van der Waals surface area contributed by atoms with Crippen LogP contribution < -0.4 is 10.9 Å². The van der Waals surface area contributed by atoms with E-state index in [2.05, 4.69) is 10.5 Å². The number of anilines is 2. The Morgan fingerprint density at radius 2 is 1.56 bits per heavy atom. The van der Waals surface area contributed by atoms with Gasteiger partial charge in [-0.1, -0.05) is 65.8 Å². The van der Waals surface area contributed by atoms with Crippen LogP contribution in [0.15, 0.2) is 94.9 Å². The van der Waals surface area contributed by atoms with E-state index in [0.29, 0.717) is 12.3 Å². The third-order valence-electron chi connectivity index (χ3n) is 5.40. The molecule has 4 aromatic rings. The summed E-state index contributed by atoms with van der Waals surface area (Å²) in [5.41, 5.74) is 5.79. The fourth-order valence-electron chi connectivity index (χ4n) is 3.48. The van der Waals surface area contributed by atoms with Gasteiger partial charge in [-0.2, -0.15) is 0 Å². The lowest BCUT2D eigenvalue weighted by Crippen LogP contribution is -2.20. The molecular weight excluding hydrogens is 400 g/mol. The molecule has 6 nitrogen and oxygen atoms in total. The predicted octanol–water partition coefficient (Wildman–Crippen LogP) is 5.17. The summed E-state index contributed by atoms with van der Waals surface area (Å²) in [6.07, 6.45) is 0. The number of benzene rings is 3. The van der Waals surface area contributed by atoms with E-state index in [1.807, 2.05) is 111 Å². The van der Waals surface area contributed by atoms with Crippen molar-refractivity contribution in [1.29, 1.82) is 0 Å². The lowest BCUT2D eigenvalue weighted by molar-refractivity contribution is 0.130. The minimum absolute atomic E-state index is 0.0904. The Kier molecular flexibility index (Phi) is 6.22. The second-order valence-electron chi connectivity index (χ2n) is 7.57. The molecule has 0 amide bonds. The van der Waals surface area contributed by atoms with E-state index in [9.17, 15) is 4.79 Å². The molecule has 0 atom stereocenters. The number of aromatic nitrogens is 2. The summed E-state index contributed by atoms with van der Waals surface area (Å²) < 4.78 is 3.52. The van der Waals surface area contributed by atoms with Crippen LogP contribution in [-0.2, 0) is 18.5 Å². The van der Waals surface area contributed by atoms with Crippen molar-refractivity contribution < 1.29 is 4.84 Å². The van der Waals surface area contributed by atoms with E-state index >= 15 is 0 Å². The highest BCUT2D eigenvalue weighted by atomic mass is 16.6. The minimum atomic E-state index is -0.0904. The van der Waals surface area contributed by atoms with E-state index in [4.69, 9.17) is 4.84 Å². The van der Waals surface area contributed by atoms with Gasteiger partial charge in [-0.05, 0) is 49.2 Å². The van der Waals surface area contributed by atoms with Gasteiger partial charge < -0.3 is 10.2 Å². The van der Waals surface area contributed by atoms with Crippen LogP contribution in [0, 0.1) is 6.92 Å². The van der Waals surface area contributed by atoms with Crippen molar-refractivity contribution in [2.24, 2.45) is 12.2 Å². The van der Waals surface area contributed by atoms with Crippen molar-refractivity contribution in [3.05, 3.63) is 112 Å².